The first-order valence-electron chi connectivity index (χ1n) is 7.02. The maximum Gasteiger partial charge on any atom is 0.342 e. The number of amides is 1. The molecule has 1 aromatic carbocycles. The lowest BCUT2D eigenvalue weighted by atomic mass is 10.2. The molecule has 5 nitrogen and oxygen atoms in total. The van der Waals surface area contributed by atoms with Crippen LogP contribution in [0.4, 0.5) is 5.69 Å². The van der Waals surface area contributed by atoms with Crippen molar-refractivity contribution in [2.75, 3.05) is 5.32 Å². The Bertz CT molecular complexity index is 702. The van der Waals surface area contributed by atoms with Gasteiger partial charge in [-0.3, -0.25) is 4.79 Å². The van der Waals surface area contributed by atoms with Crippen molar-refractivity contribution in [2.45, 2.75) is 33.8 Å². The van der Waals surface area contributed by atoms with Gasteiger partial charge in [0.2, 0.25) is 0 Å². The van der Waals surface area contributed by atoms with Crippen LogP contribution in [0.15, 0.2) is 34.7 Å². The third-order valence-corrected chi connectivity index (χ3v) is 3.20. The Balaban J connectivity index is 1.99. The second-order valence-corrected chi connectivity index (χ2v) is 5.23. The zero-order valence-corrected chi connectivity index (χ0v) is 13.1. The summed E-state index contributed by atoms with van der Waals surface area (Å²) in [6, 6.07) is 9.00. The van der Waals surface area contributed by atoms with Gasteiger partial charge in [0.05, 0.1) is 0 Å². The number of carbonyl (C=O) groups is 2. The van der Waals surface area contributed by atoms with Crippen molar-refractivity contribution in [3.8, 4) is 0 Å². The van der Waals surface area contributed by atoms with Gasteiger partial charge in [0.1, 0.15) is 17.1 Å². The number of ether oxygens (including phenoxy) is 1. The molecule has 0 aliphatic rings. The van der Waals surface area contributed by atoms with Crippen molar-refractivity contribution in [3.05, 3.63) is 53.0 Å². The number of hydrogen-bond acceptors (Lipinski definition) is 4. The molecule has 0 radical (unpaired) electrons. The summed E-state index contributed by atoms with van der Waals surface area (Å²) >= 11 is 0. The van der Waals surface area contributed by atoms with Gasteiger partial charge in [-0.2, -0.15) is 0 Å². The fourth-order valence-corrected chi connectivity index (χ4v) is 2.08. The van der Waals surface area contributed by atoms with Crippen molar-refractivity contribution < 1.29 is 18.7 Å². The highest BCUT2D eigenvalue weighted by Crippen LogP contribution is 2.16. The summed E-state index contributed by atoms with van der Waals surface area (Å²) in [5.74, 6) is 0.160. The highest BCUT2D eigenvalue weighted by molar-refractivity contribution is 5.97. The zero-order valence-electron chi connectivity index (χ0n) is 13.1. The van der Waals surface area contributed by atoms with E-state index in [0.717, 1.165) is 5.56 Å². The van der Waals surface area contributed by atoms with Gasteiger partial charge in [-0.05, 0) is 51.5 Å². The molecule has 22 heavy (non-hydrogen) atoms. The molecule has 1 amide bonds. The Morgan fingerprint density at radius 3 is 2.50 bits per heavy atom. The zero-order chi connectivity index (χ0) is 16.3. The molecule has 0 aliphatic carbocycles. The van der Waals surface area contributed by atoms with Gasteiger partial charge >= 0.3 is 5.97 Å². The van der Waals surface area contributed by atoms with E-state index < -0.39 is 12.1 Å². The number of benzene rings is 1. The van der Waals surface area contributed by atoms with Gasteiger partial charge < -0.3 is 14.5 Å². The Morgan fingerprint density at radius 2 is 1.91 bits per heavy atom. The molecule has 0 saturated carbocycles. The number of anilines is 1. The Kier molecular flexibility index (Phi) is 4.65. The van der Waals surface area contributed by atoms with Crippen LogP contribution in [0.1, 0.15) is 34.4 Å². The van der Waals surface area contributed by atoms with Crippen LogP contribution >= 0.6 is 0 Å². The molecule has 0 fully saturated rings. The average Bonchev–Trinajstić information content (AvgIpc) is 2.77. The number of rotatable bonds is 4. The first kappa shape index (κ1) is 15.8. The van der Waals surface area contributed by atoms with E-state index in [2.05, 4.69) is 5.32 Å². The van der Waals surface area contributed by atoms with Crippen molar-refractivity contribution >= 4 is 17.6 Å². The first-order chi connectivity index (χ1) is 10.4. The van der Waals surface area contributed by atoms with Gasteiger partial charge in [-0.1, -0.05) is 12.1 Å². The van der Waals surface area contributed by atoms with Gasteiger partial charge in [0.15, 0.2) is 6.10 Å². The largest absolute Gasteiger partial charge is 0.466 e. The van der Waals surface area contributed by atoms with Crippen molar-refractivity contribution in [1.82, 2.24) is 0 Å². The lowest BCUT2D eigenvalue weighted by Gasteiger charge is -2.13. The lowest BCUT2D eigenvalue weighted by molar-refractivity contribution is -0.123. The van der Waals surface area contributed by atoms with E-state index in [1.165, 1.54) is 6.92 Å². The molecule has 1 atom stereocenters. The maximum atomic E-state index is 12.1. The summed E-state index contributed by atoms with van der Waals surface area (Å²) in [6.07, 6.45) is -0.900. The maximum absolute atomic E-state index is 12.1. The minimum Gasteiger partial charge on any atom is -0.466 e. The Morgan fingerprint density at radius 1 is 1.18 bits per heavy atom. The summed E-state index contributed by atoms with van der Waals surface area (Å²) in [5, 5.41) is 2.72. The van der Waals surface area contributed by atoms with E-state index in [4.69, 9.17) is 9.15 Å². The van der Waals surface area contributed by atoms with Crippen LogP contribution in [0.5, 0.6) is 0 Å². The van der Waals surface area contributed by atoms with Crippen LogP contribution in [-0.2, 0) is 9.53 Å². The lowest BCUT2D eigenvalue weighted by Crippen LogP contribution is -2.30. The third kappa shape index (κ3) is 3.75. The van der Waals surface area contributed by atoms with Crippen molar-refractivity contribution in [2.24, 2.45) is 0 Å². The van der Waals surface area contributed by atoms with E-state index in [1.807, 2.05) is 25.1 Å². The summed E-state index contributed by atoms with van der Waals surface area (Å²) in [5.41, 5.74) is 2.04. The minimum absolute atomic E-state index is 0.340. The summed E-state index contributed by atoms with van der Waals surface area (Å²) in [6.45, 7) is 6.90. The third-order valence-electron chi connectivity index (χ3n) is 3.20. The normalized spacial score (nSPS) is 11.8. The smallest absolute Gasteiger partial charge is 0.342 e. The van der Waals surface area contributed by atoms with E-state index in [1.54, 1.807) is 26.0 Å². The number of furan rings is 1. The second kappa shape index (κ2) is 6.47. The molecule has 0 spiro atoms. The predicted octanol–water partition coefficient (Wildman–Crippen LogP) is 3.39. The van der Waals surface area contributed by atoms with Crippen molar-refractivity contribution in [3.63, 3.8) is 0 Å². The van der Waals surface area contributed by atoms with Gasteiger partial charge in [0, 0.05) is 5.69 Å². The minimum atomic E-state index is -0.900. The van der Waals surface area contributed by atoms with Gasteiger partial charge in [-0.25, -0.2) is 4.79 Å². The van der Waals surface area contributed by atoms with Gasteiger partial charge in [0.25, 0.3) is 5.91 Å². The van der Waals surface area contributed by atoms with Crippen LogP contribution < -0.4 is 5.32 Å². The Labute approximate surface area is 129 Å². The average molecular weight is 301 g/mol. The Hall–Kier alpha value is -2.56. The standard InChI is InChI=1S/C17H19NO4/c1-10-6-5-7-14(8-10)18-16(19)13(4)22-17(20)15-9-11(2)21-12(15)3/h5-9,13H,1-4H3,(H,18,19)/t13-/m0/s1. The van der Waals surface area contributed by atoms with Crippen molar-refractivity contribution in [1.29, 1.82) is 0 Å². The van der Waals surface area contributed by atoms with Crippen LogP contribution in [0.25, 0.3) is 0 Å². The molecular formula is C17H19NO4. The van der Waals surface area contributed by atoms with E-state index >= 15 is 0 Å². The van der Waals surface area contributed by atoms with E-state index in [0.29, 0.717) is 22.8 Å². The molecule has 1 heterocycles. The van der Waals surface area contributed by atoms with Gasteiger partial charge in [-0.15, -0.1) is 0 Å². The fraction of sp³-hybridized carbons (Fsp3) is 0.294. The molecule has 2 rings (SSSR count). The predicted molar refractivity (Wildman–Crippen MR) is 82.9 cm³/mol. The quantitative estimate of drug-likeness (QED) is 0.879. The van der Waals surface area contributed by atoms with Crippen LogP contribution in [-0.4, -0.2) is 18.0 Å². The highest BCUT2D eigenvalue weighted by Gasteiger charge is 2.22. The second-order valence-electron chi connectivity index (χ2n) is 5.23. The fourth-order valence-electron chi connectivity index (χ4n) is 2.08. The summed E-state index contributed by atoms with van der Waals surface area (Å²) in [7, 11) is 0. The van der Waals surface area contributed by atoms with Crippen LogP contribution in [0, 0.1) is 20.8 Å². The molecule has 5 heteroatoms. The van der Waals surface area contributed by atoms with Crippen LogP contribution in [0.3, 0.4) is 0 Å². The first-order valence-corrected chi connectivity index (χ1v) is 7.02. The molecule has 2 aromatic rings. The topological polar surface area (TPSA) is 68.5 Å². The number of esters is 1. The molecule has 116 valence electrons. The summed E-state index contributed by atoms with van der Waals surface area (Å²) in [4.78, 5) is 24.1. The number of aryl methyl sites for hydroxylation is 3. The molecule has 0 bridgehead atoms. The summed E-state index contributed by atoms with van der Waals surface area (Å²) < 4.78 is 10.5. The number of carbonyl (C=O) groups excluding carboxylic acids is 2. The molecule has 0 unspecified atom stereocenters. The molecular weight excluding hydrogens is 282 g/mol. The SMILES string of the molecule is Cc1cccc(NC(=O)[C@H](C)OC(=O)c2cc(C)oc2C)c1. The van der Waals surface area contributed by atoms with E-state index in [-0.39, 0.29) is 5.91 Å². The monoisotopic (exact) mass is 301 g/mol. The molecule has 0 saturated heterocycles. The number of hydrogen-bond donors (Lipinski definition) is 1. The van der Waals surface area contributed by atoms with Crippen LogP contribution in [0.2, 0.25) is 0 Å². The highest BCUT2D eigenvalue weighted by atomic mass is 16.5. The molecule has 1 aromatic heterocycles. The molecule has 0 aliphatic heterocycles. The number of nitrogens with one attached hydrogen (secondary N) is 1. The molecule has 1 N–H and O–H groups in total. The van der Waals surface area contributed by atoms with E-state index in [9.17, 15) is 9.59 Å².